The Morgan fingerprint density at radius 3 is 2.43 bits per heavy atom. The van der Waals surface area contributed by atoms with Gasteiger partial charge in [0.1, 0.15) is 0 Å². The molecule has 21 heavy (non-hydrogen) atoms. The number of benzene rings is 2. The lowest BCUT2D eigenvalue weighted by Crippen LogP contribution is -2.34. The van der Waals surface area contributed by atoms with Crippen molar-refractivity contribution in [1.82, 2.24) is 4.90 Å². The molecule has 0 radical (unpaired) electrons. The number of hydrogen-bond donors (Lipinski definition) is 2. The molecule has 110 valence electrons. The van der Waals surface area contributed by atoms with Crippen LogP contribution in [0.25, 0.3) is 0 Å². The molecular weight excluding hydrogens is 304 g/mol. The largest absolute Gasteiger partial charge is 0.387 e. The van der Waals surface area contributed by atoms with E-state index >= 15 is 0 Å². The van der Waals surface area contributed by atoms with Crippen LogP contribution in [-0.2, 0) is 0 Å². The molecule has 0 aliphatic carbocycles. The van der Waals surface area contributed by atoms with Crippen LogP contribution in [0.3, 0.4) is 0 Å². The maximum absolute atomic E-state index is 10.2. The highest BCUT2D eigenvalue weighted by Crippen LogP contribution is 2.16. The molecule has 2 aromatic carbocycles. The topological polar surface area (TPSA) is 35.5 Å². The van der Waals surface area contributed by atoms with Crippen molar-refractivity contribution in [3.8, 4) is 0 Å². The molecule has 0 amide bonds. The van der Waals surface area contributed by atoms with Crippen molar-refractivity contribution >= 4 is 34.6 Å². The Morgan fingerprint density at radius 2 is 1.81 bits per heavy atom. The minimum atomic E-state index is -0.582. The SMILES string of the molecule is CN(CC(O)c1ccccc1)C(=S)Nc1ccc(Cl)cc1. The number of halogens is 1. The number of hydrogen-bond acceptors (Lipinski definition) is 2. The van der Waals surface area contributed by atoms with Crippen LogP contribution in [0, 0.1) is 0 Å². The lowest BCUT2D eigenvalue weighted by Gasteiger charge is -2.24. The fourth-order valence-electron chi connectivity index (χ4n) is 1.88. The number of nitrogens with zero attached hydrogens (tertiary/aromatic N) is 1. The van der Waals surface area contributed by atoms with Crippen LogP contribution in [0.1, 0.15) is 11.7 Å². The molecule has 5 heteroatoms. The third-order valence-electron chi connectivity index (χ3n) is 3.07. The van der Waals surface area contributed by atoms with E-state index in [0.29, 0.717) is 16.7 Å². The zero-order chi connectivity index (χ0) is 15.2. The monoisotopic (exact) mass is 320 g/mol. The Bertz CT molecular complexity index is 589. The lowest BCUT2D eigenvalue weighted by molar-refractivity contribution is 0.152. The average molecular weight is 321 g/mol. The first-order chi connectivity index (χ1) is 10.1. The van der Waals surface area contributed by atoms with Gasteiger partial charge in [0.25, 0.3) is 0 Å². The molecule has 2 N–H and O–H groups in total. The van der Waals surface area contributed by atoms with Gasteiger partial charge >= 0.3 is 0 Å². The molecule has 0 bridgehead atoms. The van der Waals surface area contributed by atoms with E-state index in [9.17, 15) is 5.11 Å². The number of aliphatic hydroxyl groups excluding tert-OH is 1. The molecule has 0 spiro atoms. The van der Waals surface area contributed by atoms with Gasteiger partial charge in [-0.15, -0.1) is 0 Å². The third kappa shape index (κ3) is 4.70. The zero-order valence-electron chi connectivity index (χ0n) is 11.7. The van der Waals surface area contributed by atoms with E-state index in [1.54, 1.807) is 12.1 Å². The molecule has 1 unspecified atom stereocenters. The Morgan fingerprint density at radius 1 is 1.19 bits per heavy atom. The van der Waals surface area contributed by atoms with Crippen molar-refractivity contribution in [2.24, 2.45) is 0 Å². The van der Waals surface area contributed by atoms with Gasteiger partial charge in [-0.25, -0.2) is 0 Å². The Balaban J connectivity index is 1.92. The van der Waals surface area contributed by atoms with Crippen molar-refractivity contribution in [3.63, 3.8) is 0 Å². The molecule has 2 rings (SSSR count). The van der Waals surface area contributed by atoms with E-state index in [4.69, 9.17) is 23.8 Å². The van der Waals surface area contributed by atoms with Crippen LogP contribution < -0.4 is 5.32 Å². The van der Waals surface area contributed by atoms with Crippen molar-refractivity contribution in [3.05, 3.63) is 65.2 Å². The molecular formula is C16H17ClN2OS. The van der Waals surface area contributed by atoms with Gasteiger partial charge in [-0.2, -0.15) is 0 Å². The summed E-state index contributed by atoms with van der Waals surface area (Å²) >= 11 is 11.2. The van der Waals surface area contributed by atoms with E-state index in [-0.39, 0.29) is 0 Å². The summed E-state index contributed by atoms with van der Waals surface area (Å²) in [6, 6.07) is 16.8. The van der Waals surface area contributed by atoms with E-state index in [1.807, 2.05) is 54.4 Å². The van der Waals surface area contributed by atoms with E-state index in [2.05, 4.69) is 5.32 Å². The number of thiocarbonyl (C=S) groups is 1. The predicted molar refractivity (Wildman–Crippen MR) is 91.7 cm³/mol. The summed E-state index contributed by atoms with van der Waals surface area (Å²) in [6.07, 6.45) is -0.582. The summed E-state index contributed by atoms with van der Waals surface area (Å²) < 4.78 is 0. The van der Waals surface area contributed by atoms with E-state index < -0.39 is 6.10 Å². The van der Waals surface area contributed by atoms with Gasteiger partial charge in [0.15, 0.2) is 5.11 Å². The van der Waals surface area contributed by atoms with Gasteiger partial charge in [-0.1, -0.05) is 41.9 Å². The van der Waals surface area contributed by atoms with Crippen molar-refractivity contribution in [2.75, 3.05) is 18.9 Å². The predicted octanol–water partition coefficient (Wildman–Crippen LogP) is 3.70. The number of anilines is 1. The summed E-state index contributed by atoms with van der Waals surface area (Å²) in [5.41, 5.74) is 1.74. The lowest BCUT2D eigenvalue weighted by atomic mass is 10.1. The highest BCUT2D eigenvalue weighted by molar-refractivity contribution is 7.80. The second-order valence-electron chi connectivity index (χ2n) is 4.74. The summed E-state index contributed by atoms with van der Waals surface area (Å²) in [4.78, 5) is 1.81. The van der Waals surface area contributed by atoms with Gasteiger partial charge in [-0.3, -0.25) is 0 Å². The molecule has 0 aliphatic rings. The Labute approximate surface area is 135 Å². The number of aliphatic hydroxyl groups is 1. The molecule has 0 fully saturated rings. The second-order valence-corrected chi connectivity index (χ2v) is 5.57. The molecule has 1 atom stereocenters. The summed E-state index contributed by atoms with van der Waals surface area (Å²) in [5.74, 6) is 0. The number of rotatable bonds is 4. The third-order valence-corrected chi connectivity index (χ3v) is 3.74. The Kier molecular flexibility index (Phi) is 5.56. The zero-order valence-corrected chi connectivity index (χ0v) is 13.2. The van der Waals surface area contributed by atoms with Gasteiger partial charge < -0.3 is 15.3 Å². The van der Waals surface area contributed by atoms with Crippen LogP contribution in [0.4, 0.5) is 5.69 Å². The minimum Gasteiger partial charge on any atom is -0.387 e. The van der Waals surface area contributed by atoms with Gasteiger partial charge in [-0.05, 0) is 42.0 Å². The average Bonchev–Trinajstić information content (AvgIpc) is 2.50. The Hall–Kier alpha value is -1.62. The van der Waals surface area contributed by atoms with Crippen LogP contribution in [0.2, 0.25) is 5.02 Å². The van der Waals surface area contributed by atoms with Crippen LogP contribution in [0.15, 0.2) is 54.6 Å². The molecule has 0 aliphatic heterocycles. The highest BCUT2D eigenvalue weighted by atomic mass is 35.5. The molecule has 0 saturated carbocycles. The first-order valence-electron chi connectivity index (χ1n) is 6.57. The number of likely N-dealkylation sites (N-methyl/N-ethyl adjacent to an activating group) is 1. The highest BCUT2D eigenvalue weighted by Gasteiger charge is 2.12. The summed E-state index contributed by atoms with van der Waals surface area (Å²) in [7, 11) is 1.84. The smallest absolute Gasteiger partial charge is 0.173 e. The fourth-order valence-corrected chi connectivity index (χ4v) is 2.19. The summed E-state index contributed by atoms with van der Waals surface area (Å²) in [6.45, 7) is 0.420. The minimum absolute atomic E-state index is 0.420. The standard InChI is InChI=1S/C16H17ClN2OS/c1-19(11-15(20)12-5-3-2-4-6-12)16(21)18-14-9-7-13(17)8-10-14/h2-10,15,20H,11H2,1H3,(H,18,21). The second kappa shape index (κ2) is 7.41. The van der Waals surface area contributed by atoms with Crippen molar-refractivity contribution in [2.45, 2.75) is 6.10 Å². The van der Waals surface area contributed by atoms with Crippen LogP contribution in [-0.4, -0.2) is 28.7 Å². The van der Waals surface area contributed by atoms with Gasteiger partial charge in [0, 0.05) is 24.3 Å². The van der Waals surface area contributed by atoms with E-state index in [0.717, 1.165) is 11.3 Å². The van der Waals surface area contributed by atoms with Crippen molar-refractivity contribution in [1.29, 1.82) is 0 Å². The molecule has 0 saturated heterocycles. The first-order valence-corrected chi connectivity index (χ1v) is 7.35. The first kappa shape index (κ1) is 15.8. The molecule has 3 nitrogen and oxygen atoms in total. The fraction of sp³-hybridized carbons (Fsp3) is 0.188. The molecule has 0 heterocycles. The van der Waals surface area contributed by atoms with Gasteiger partial charge in [0.2, 0.25) is 0 Å². The maximum atomic E-state index is 10.2. The number of nitrogens with one attached hydrogen (secondary N) is 1. The van der Waals surface area contributed by atoms with Crippen molar-refractivity contribution < 1.29 is 5.11 Å². The molecule has 0 aromatic heterocycles. The quantitative estimate of drug-likeness (QED) is 0.842. The molecule has 2 aromatic rings. The van der Waals surface area contributed by atoms with Gasteiger partial charge in [0.05, 0.1) is 6.10 Å². The van der Waals surface area contributed by atoms with E-state index in [1.165, 1.54) is 0 Å². The normalized spacial score (nSPS) is 11.8. The summed E-state index contributed by atoms with van der Waals surface area (Å²) in [5, 5.41) is 14.5. The maximum Gasteiger partial charge on any atom is 0.173 e. The van der Waals surface area contributed by atoms with Crippen LogP contribution >= 0.6 is 23.8 Å². The van der Waals surface area contributed by atoms with Crippen LogP contribution in [0.5, 0.6) is 0 Å².